The molecule has 3 N–H and O–H groups in total. The number of pyridine rings is 1. The third kappa shape index (κ3) is 4.69. The second-order valence-electron chi connectivity index (χ2n) is 5.06. The summed E-state index contributed by atoms with van der Waals surface area (Å²) >= 11 is 0. The van der Waals surface area contributed by atoms with E-state index in [-0.39, 0.29) is 17.3 Å². The van der Waals surface area contributed by atoms with E-state index in [9.17, 15) is 22.8 Å². The van der Waals surface area contributed by atoms with Crippen molar-refractivity contribution in [3.05, 3.63) is 53.3 Å². The summed E-state index contributed by atoms with van der Waals surface area (Å²) in [6.07, 6.45) is -4.56. The van der Waals surface area contributed by atoms with E-state index in [4.69, 9.17) is 0 Å². The number of hydrogen-bond donors (Lipinski definition) is 3. The molecular weight excluding hydrogens is 337 g/mol. The maximum absolute atomic E-state index is 12.6. The van der Waals surface area contributed by atoms with Crippen molar-refractivity contribution in [2.45, 2.75) is 13.1 Å². The molecule has 1 heterocycles. The van der Waals surface area contributed by atoms with Gasteiger partial charge in [-0.1, -0.05) is 0 Å². The van der Waals surface area contributed by atoms with E-state index in [0.717, 1.165) is 12.1 Å². The van der Waals surface area contributed by atoms with Crippen LogP contribution in [-0.4, -0.2) is 24.0 Å². The molecule has 0 aliphatic heterocycles. The molecule has 0 bridgehead atoms. The van der Waals surface area contributed by atoms with Crippen molar-refractivity contribution in [3.8, 4) is 0 Å². The van der Waals surface area contributed by atoms with Gasteiger partial charge in [0.05, 0.1) is 11.3 Å². The molecule has 25 heavy (non-hydrogen) atoms. The molecule has 1 aromatic carbocycles. The Bertz CT molecular complexity index is 789. The fourth-order valence-electron chi connectivity index (χ4n) is 1.99. The van der Waals surface area contributed by atoms with Crippen LogP contribution in [-0.2, 0) is 6.18 Å². The minimum atomic E-state index is -4.56. The Morgan fingerprint density at radius 1 is 0.960 bits per heavy atom. The minimum absolute atomic E-state index is 0.0229. The number of nitrogens with zero attached hydrogens (tertiary/aromatic N) is 1. The Balaban J connectivity index is 2.10. The number of nitrogens with one attached hydrogen (secondary N) is 3. The van der Waals surface area contributed by atoms with Crippen LogP contribution in [0, 0.1) is 6.92 Å². The number of anilines is 2. The van der Waals surface area contributed by atoms with Crippen LogP contribution in [0.4, 0.5) is 29.3 Å². The number of amides is 3. The van der Waals surface area contributed by atoms with Crippen molar-refractivity contribution in [2.24, 2.45) is 0 Å². The first-order chi connectivity index (χ1) is 11.7. The number of halogens is 3. The predicted molar refractivity (Wildman–Crippen MR) is 86.4 cm³/mol. The van der Waals surface area contributed by atoms with Crippen LogP contribution < -0.4 is 16.0 Å². The molecule has 0 saturated heterocycles. The quantitative estimate of drug-likeness (QED) is 0.792. The molecule has 132 valence electrons. The first kappa shape index (κ1) is 18.2. The number of aromatic nitrogens is 1. The molecule has 2 aromatic rings. The summed E-state index contributed by atoms with van der Waals surface area (Å²) in [6.45, 7) is 1.33. The van der Waals surface area contributed by atoms with Crippen LogP contribution in [0.15, 0.2) is 36.4 Å². The monoisotopic (exact) mass is 352 g/mol. The van der Waals surface area contributed by atoms with Gasteiger partial charge in [-0.15, -0.1) is 0 Å². The first-order valence-corrected chi connectivity index (χ1v) is 7.15. The lowest BCUT2D eigenvalue weighted by molar-refractivity contribution is -0.141. The molecule has 0 radical (unpaired) electrons. The number of benzene rings is 1. The zero-order valence-electron chi connectivity index (χ0n) is 13.4. The Labute approximate surface area is 141 Å². The van der Waals surface area contributed by atoms with Crippen molar-refractivity contribution >= 4 is 23.3 Å². The number of urea groups is 1. The molecule has 0 spiro atoms. The zero-order valence-corrected chi connectivity index (χ0v) is 13.4. The zero-order chi connectivity index (χ0) is 18.6. The fourth-order valence-corrected chi connectivity index (χ4v) is 1.99. The smallest absolute Gasteiger partial charge is 0.341 e. The highest BCUT2D eigenvalue weighted by Crippen LogP contribution is 2.28. The first-order valence-electron chi connectivity index (χ1n) is 7.15. The van der Waals surface area contributed by atoms with E-state index in [1.54, 1.807) is 24.3 Å². The molecule has 6 nitrogen and oxygen atoms in total. The van der Waals surface area contributed by atoms with Gasteiger partial charge < -0.3 is 16.0 Å². The van der Waals surface area contributed by atoms with Crippen LogP contribution in [0.2, 0.25) is 0 Å². The fraction of sp³-hybridized carbons (Fsp3) is 0.188. The van der Waals surface area contributed by atoms with E-state index < -0.39 is 17.8 Å². The highest BCUT2D eigenvalue weighted by molar-refractivity contribution is 6.05. The minimum Gasteiger partial charge on any atom is -0.341 e. The van der Waals surface area contributed by atoms with E-state index in [2.05, 4.69) is 20.9 Å². The molecule has 1 aromatic heterocycles. The lowest BCUT2D eigenvalue weighted by atomic mass is 10.1. The van der Waals surface area contributed by atoms with Gasteiger partial charge in [0.15, 0.2) is 0 Å². The number of carbonyl (C=O) groups is 2. The number of hydrogen-bond acceptors (Lipinski definition) is 3. The van der Waals surface area contributed by atoms with Gasteiger partial charge in [-0.3, -0.25) is 4.79 Å². The van der Waals surface area contributed by atoms with Gasteiger partial charge in [-0.2, -0.15) is 13.2 Å². The summed E-state index contributed by atoms with van der Waals surface area (Å²) < 4.78 is 37.8. The van der Waals surface area contributed by atoms with Crippen molar-refractivity contribution in [1.82, 2.24) is 10.3 Å². The van der Waals surface area contributed by atoms with Gasteiger partial charge in [0.2, 0.25) is 0 Å². The van der Waals surface area contributed by atoms with E-state index >= 15 is 0 Å². The summed E-state index contributed by atoms with van der Waals surface area (Å²) in [5.74, 6) is -0.578. The summed E-state index contributed by atoms with van der Waals surface area (Å²) in [5, 5.41) is 7.51. The maximum atomic E-state index is 12.6. The van der Waals surface area contributed by atoms with Crippen LogP contribution in [0.3, 0.4) is 0 Å². The number of rotatable bonds is 3. The average molecular weight is 352 g/mol. The number of carbonyl (C=O) groups excluding carboxylic acids is 2. The molecule has 0 aliphatic rings. The van der Waals surface area contributed by atoms with Crippen LogP contribution in [0.25, 0.3) is 0 Å². The molecular formula is C16H15F3N4O2. The third-order valence-corrected chi connectivity index (χ3v) is 3.25. The summed E-state index contributed by atoms with van der Waals surface area (Å²) in [7, 11) is 1.48. The van der Waals surface area contributed by atoms with Crippen LogP contribution in [0.1, 0.15) is 21.7 Å². The Hall–Kier alpha value is -3.10. The maximum Gasteiger partial charge on any atom is 0.433 e. The molecule has 2 rings (SSSR count). The van der Waals surface area contributed by atoms with E-state index in [1.165, 1.54) is 14.0 Å². The summed E-state index contributed by atoms with van der Waals surface area (Å²) in [4.78, 5) is 26.8. The molecule has 0 fully saturated rings. The summed E-state index contributed by atoms with van der Waals surface area (Å²) in [5.41, 5.74) is -0.0894. The van der Waals surface area contributed by atoms with Gasteiger partial charge in [-0.05, 0) is 43.3 Å². The van der Waals surface area contributed by atoms with Gasteiger partial charge >= 0.3 is 12.2 Å². The molecule has 0 atom stereocenters. The number of alkyl halides is 3. The standard InChI is InChI=1S/C16H15F3N4O2/c1-9-12(7-8-13(21-9)16(17,18)19)14(24)22-10-3-5-11(6-4-10)23-15(25)20-2/h3-8H,1-2H3,(H,22,24)(H2,20,23,25). The van der Waals surface area contributed by atoms with Crippen LogP contribution >= 0.6 is 0 Å². The lowest BCUT2D eigenvalue weighted by Gasteiger charge is -2.11. The SMILES string of the molecule is CNC(=O)Nc1ccc(NC(=O)c2ccc(C(F)(F)F)nc2C)cc1. The Kier molecular flexibility index (Phi) is 5.26. The van der Waals surface area contributed by atoms with Gasteiger partial charge in [0.1, 0.15) is 5.69 Å². The highest BCUT2D eigenvalue weighted by Gasteiger charge is 2.33. The third-order valence-electron chi connectivity index (χ3n) is 3.25. The molecule has 0 aliphatic carbocycles. The molecule has 3 amide bonds. The molecule has 9 heteroatoms. The van der Waals surface area contributed by atoms with Gasteiger partial charge in [-0.25, -0.2) is 9.78 Å². The highest BCUT2D eigenvalue weighted by atomic mass is 19.4. The van der Waals surface area contributed by atoms with Crippen molar-refractivity contribution < 1.29 is 22.8 Å². The average Bonchev–Trinajstić information content (AvgIpc) is 2.55. The lowest BCUT2D eigenvalue weighted by Crippen LogP contribution is -2.24. The van der Waals surface area contributed by atoms with Crippen LogP contribution in [0.5, 0.6) is 0 Å². The molecule has 0 unspecified atom stereocenters. The van der Waals surface area contributed by atoms with Gasteiger partial charge in [0.25, 0.3) is 5.91 Å². The Morgan fingerprint density at radius 2 is 1.52 bits per heavy atom. The second kappa shape index (κ2) is 7.20. The topological polar surface area (TPSA) is 83.1 Å². The predicted octanol–water partition coefficient (Wildman–Crippen LogP) is 3.41. The summed E-state index contributed by atoms with van der Waals surface area (Å²) in [6, 6.07) is 7.71. The van der Waals surface area contributed by atoms with E-state index in [0.29, 0.717) is 11.4 Å². The van der Waals surface area contributed by atoms with Crippen molar-refractivity contribution in [2.75, 3.05) is 17.7 Å². The second-order valence-corrected chi connectivity index (χ2v) is 5.06. The van der Waals surface area contributed by atoms with Gasteiger partial charge in [0, 0.05) is 18.4 Å². The normalized spacial score (nSPS) is 10.9. The molecule has 0 saturated carbocycles. The van der Waals surface area contributed by atoms with Crippen molar-refractivity contribution in [3.63, 3.8) is 0 Å². The van der Waals surface area contributed by atoms with E-state index in [1.807, 2.05) is 0 Å². The van der Waals surface area contributed by atoms with Crippen molar-refractivity contribution in [1.29, 1.82) is 0 Å². The largest absolute Gasteiger partial charge is 0.433 e. The number of aryl methyl sites for hydroxylation is 1. The Morgan fingerprint density at radius 3 is 2.00 bits per heavy atom.